The molecule has 1 aromatic rings. The van der Waals surface area contributed by atoms with E-state index in [0.29, 0.717) is 0 Å². The van der Waals surface area contributed by atoms with Crippen molar-refractivity contribution in [3.8, 4) is 5.75 Å². The number of primary amides is 1. The Hall–Kier alpha value is -4.67. The van der Waals surface area contributed by atoms with Crippen molar-refractivity contribution in [2.24, 2.45) is 27.8 Å². The molecule has 248 valence electrons. The molecule has 1 aromatic carbocycles. The quantitative estimate of drug-likeness (QED) is 0.0983. The van der Waals surface area contributed by atoms with Gasteiger partial charge in [0.15, 0.2) is 17.1 Å². The number of likely N-dealkylation sites (N-methyl/N-ethyl adjacent to an activating group) is 1. The summed E-state index contributed by atoms with van der Waals surface area (Å²) in [6, 6.07) is 1.24. The van der Waals surface area contributed by atoms with Gasteiger partial charge in [-0.1, -0.05) is 13.0 Å². The number of aliphatic hydroxyl groups excluding tert-OH is 3. The monoisotopic (exact) mass is 644 g/mol. The number of ketones is 2. The van der Waals surface area contributed by atoms with Crippen molar-refractivity contribution in [2.45, 2.75) is 56.9 Å². The summed E-state index contributed by atoms with van der Waals surface area (Å²) in [5.74, 6) is -12.7. The Labute approximate surface area is 262 Å². The molecule has 7 N–H and O–H groups in total. The number of hydrogen-bond donors (Lipinski definition) is 6. The number of carbonyl (C=O) groups excluding carboxylic acids is 5. The van der Waals surface area contributed by atoms with Crippen molar-refractivity contribution in [3.05, 3.63) is 45.9 Å². The summed E-state index contributed by atoms with van der Waals surface area (Å²) >= 11 is 0. The molecule has 0 aliphatic heterocycles. The van der Waals surface area contributed by atoms with Crippen LogP contribution in [0.2, 0.25) is 0 Å². The number of aliphatic hydroxyl groups is 4. The van der Waals surface area contributed by atoms with Crippen LogP contribution in [-0.2, 0) is 28.7 Å². The molecule has 0 fully saturated rings. The number of nitrogens with two attached hydrogens (primary N) is 1. The average Bonchev–Trinajstić information content (AvgIpc) is 2.98. The molecule has 4 rings (SSSR count). The van der Waals surface area contributed by atoms with Crippen LogP contribution in [0.5, 0.6) is 5.75 Å². The number of aromatic hydroxyl groups is 1. The molecule has 3 aliphatic rings. The normalized spacial score (nSPS) is 27.8. The van der Waals surface area contributed by atoms with Gasteiger partial charge in [0, 0.05) is 11.5 Å². The molecule has 1 amide bonds. The summed E-state index contributed by atoms with van der Waals surface area (Å²) in [5, 5.41) is 64.8. The second-order valence-corrected chi connectivity index (χ2v) is 11.7. The van der Waals surface area contributed by atoms with E-state index in [1.54, 1.807) is 6.92 Å². The predicted molar refractivity (Wildman–Crippen MR) is 156 cm³/mol. The van der Waals surface area contributed by atoms with Gasteiger partial charge in [0.2, 0.25) is 5.78 Å². The molecule has 46 heavy (non-hydrogen) atoms. The number of azo groups is 1. The standard InChI is InChI=1S/C30H36N4O12/c1-7-45-27(42)29(4,28(43)46-8-2)33-32-13-10-9-12-11(3)14-16(21(36)15(12)20(13)35)24(39)30(44)18(22(14)37)19(34(5)6)23(38)17(25(30)40)26(31)41/h9-11,14,18-19,22,35,37-39,44H,7-8H2,1-6H3,(H2,31,41)/b33-32+/t11-,14+,18+,19-,22-,30-/m0/s1. The number of Topliss-reactive ketones (excluding diaryl/α,β-unsaturated/α-hetero) is 2. The minimum Gasteiger partial charge on any atom is -0.510 e. The van der Waals surface area contributed by atoms with Crippen LogP contribution in [0.4, 0.5) is 5.69 Å². The highest BCUT2D eigenvalue weighted by molar-refractivity contribution is 6.25. The molecule has 0 heterocycles. The molecule has 0 radical (unpaired) electrons. The molecule has 16 nitrogen and oxygen atoms in total. The summed E-state index contributed by atoms with van der Waals surface area (Å²) in [7, 11) is 2.87. The number of phenols is 1. The zero-order chi connectivity index (χ0) is 34.6. The zero-order valence-corrected chi connectivity index (χ0v) is 26.0. The summed E-state index contributed by atoms with van der Waals surface area (Å²) < 4.78 is 9.88. The van der Waals surface area contributed by atoms with Gasteiger partial charge in [-0.05, 0) is 52.4 Å². The Bertz CT molecular complexity index is 1610. The Morgan fingerprint density at radius 3 is 2.13 bits per heavy atom. The first-order chi connectivity index (χ1) is 21.4. The second-order valence-electron chi connectivity index (χ2n) is 11.7. The number of phenolic OH excluding ortho intramolecular Hbond substituents is 1. The highest BCUT2D eigenvalue weighted by atomic mass is 16.6. The van der Waals surface area contributed by atoms with Gasteiger partial charge in [0.1, 0.15) is 22.8 Å². The van der Waals surface area contributed by atoms with Gasteiger partial charge in [-0.25, -0.2) is 9.59 Å². The lowest BCUT2D eigenvalue weighted by atomic mass is 9.55. The number of benzene rings is 1. The first-order valence-electron chi connectivity index (χ1n) is 14.4. The third-order valence-electron chi connectivity index (χ3n) is 8.81. The molecule has 6 atom stereocenters. The van der Waals surface area contributed by atoms with Gasteiger partial charge in [0.05, 0.1) is 36.8 Å². The number of rotatable bonds is 8. The molecule has 0 saturated carbocycles. The highest BCUT2D eigenvalue weighted by Crippen LogP contribution is 2.56. The van der Waals surface area contributed by atoms with E-state index in [1.165, 1.54) is 45.0 Å². The molecule has 0 spiro atoms. The number of fused-ring (bicyclic) bond motifs is 3. The van der Waals surface area contributed by atoms with Crippen molar-refractivity contribution < 1.29 is 59.0 Å². The molecular weight excluding hydrogens is 608 g/mol. The van der Waals surface area contributed by atoms with E-state index in [9.17, 15) is 49.5 Å². The fourth-order valence-corrected chi connectivity index (χ4v) is 6.55. The molecule has 16 heteroatoms. The van der Waals surface area contributed by atoms with Gasteiger partial charge in [-0.15, -0.1) is 0 Å². The minimum atomic E-state index is -3.07. The summed E-state index contributed by atoms with van der Waals surface area (Å²) in [6.07, 6.45) is -1.76. The number of amides is 1. The van der Waals surface area contributed by atoms with Crippen LogP contribution in [0.1, 0.15) is 49.5 Å². The number of esters is 2. The number of hydrogen-bond acceptors (Lipinski definition) is 15. The lowest BCUT2D eigenvalue weighted by Crippen LogP contribution is -2.68. The first-order valence-corrected chi connectivity index (χ1v) is 14.4. The Kier molecular flexibility index (Phi) is 8.87. The predicted octanol–water partition coefficient (Wildman–Crippen LogP) is 0.621. The second kappa shape index (κ2) is 11.9. The summed E-state index contributed by atoms with van der Waals surface area (Å²) in [4.78, 5) is 66.3. The maximum atomic E-state index is 14.0. The van der Waals surface area contributed by atoms with E-state index in [-0.39, 0.29) is 24.5 Å². The fraction of sp³-hybridized carbons (Fsp3) is 0.500. The van der Waals surface area contributed by atoms with Gasteiger partial charge in [0.25, 0.3) is 11.4 Å². The Balaban J connectivity index is 1.91. The number of carbonyl (C=O) groups is 5. The maximum Gasteiger partial charge on any atom is 0.347 e. The van der Waals surface area contributed by atoms with Crippen molar-refractivity contribution in [1.29, 1.82) is 0 Å². The van der Waals surface area contributed by atoms with Gasteiger partial charge in [-0.2, -0.15) is 10.2 Å². The van der Waals surface area contributed by atoms with Crippen molar-refractivity contribution in [2.75, 3.05) is 27.3 Å². The number of nitrogens with zero attached hydrogens (tertiary/aromatic N) is 3. The molecule has 0 unspecified atom stereocenters. The highest BCUT2D eigenvalue weighted by Gasteiger charge is 2.67. The molecule has 0 saturated heterocycles. The largest absolute Gasteiger partial charge is 0.510 e. The smallest absolute Gasteiger partial charge is 0.347 e. The summed E-state index contributed by atoms with van der Waals surface area (Å²) in [5.41, 5.74) is -2.25. The lowest BCUT2D eigenvalue weighted by molar-refractivity contribution is -0.163. The maximum absolute atomic E-state index is 14.0. The third-order valence-corrected chi connectivity index (χ3v) is 8.81. The Morgan fingerprint density at radius 2 is 1.63 bits per heavy atom. The number of ether oxygens (including phenoxy) is 2. The third kappa shape index (κ3) is 4.75. The van der Waals surface area contributed by atoms with E-state index in [4.69, 9.17) is 15.2 Å². The average molecular weight is 645 g/mol. The van der Waals surface area contributed by atoms with Gasteiger partial charge < -0.3 is 40.7 Å². The van der Waals surface area contributed by atoms with Crippen LogP contribution >= 0.6 is 0 Å². The van der Waals surface area contributed by atoms with E-state index < -0.39 is 104 Å². The van der Waals surface area contributed by atoms with E-state index >= 15 is 0 Å². The van der Waals surface area contributed by atoms with Crippen molar-refractivity contribution in [1.82, 2.24) is 4.90 Å². The molecule has 0 bridgehead atoms. The van der Waals surface area contributed by atoms with Crippen LogP contribution in [0, 0.1) is 11.8 Å². The Morgan fingerprint density at radius 1 is 1.07 bits per heavy atom. The van der Waals surface area contributed by atoms with Gasteiger partial charge in [-0.3, -0.25) is 19.3 Å². The first kappa shape index (κ1) is 34.2. The van der Waals surface area contributed by atoms with E-state index in [1.807, 2.05) is 0 Å². The van der Waals surface area contributed by atoms with Crippen LogP contribution in [0.3, 0.4) is 0 Å². The fourth-order valence-electron chi connectivity index (χ4n) is 6.55. The lowest BCUT2D eigenvalue weighted by Gasteiger charge is -2.53. The molecule has 3 aliphatic carbocycles. The van der Waals surface area contributed by atoms with Crippen LogP contribution in [0.15, 0.2) is 45.0 Å². The van der Waals surface area contributed by atoms with Crippen LogP contribution in [0.25, 0.3) is 0 Å². The SMILES string of the molecule is CCOC(=O)C(C)(/N=N/c1ccc2c(c1O)C(=O)C1=C(O)[C@]3(O)C(=O)C(C(N)=O)=C(O)[C@@H](N(C)C)[C@@H]3[C@@H](O)[C@@H]1[C@H]2C)C(=O)OCC. The van der Waals surface area contributed by atoms with Crippen molar-refractivity contribution >= 4 is 35.1 Å². The van der Waals surface area contributed by atoms with Crippen LogP contribution in [-0.4, -0.2) is 110 Å². The van der Waals surface area contributed by atoms with E-state index in [2.05, 4.69) is 10.2 Å². The van der Waals surface area contributed by atoms with Crippen LogP contribution < -0.4 is 5.73 Å². The molecule has 0 aromatic heterocycles. The topological polar surface area (TPSA) is 259 Å². The minimum absolute atomic E-state index is 0.0905. The zero-order valence-electron chi connectivity index (χ0n) is 26.0. The summed E-state index contributed by atoms with van der Waals surface area (Å²) in [6.45, 7) is 5.50. The molecular formula is C30H36N4O12. The van der Waals surface area contributed by atoms with E-state index in [0.717, 1.165) is 6.92 Å². The van der Waals surface area contributed by atoms with Gasteiger partial charge >= 0.3 is 11.9 Å². The van der Waals surface area contributed by atoms with Crippen molar-refractivity contribution in [3.63, 3.8) is 0 Å².